The van der Waals surface area contributed by atoms with Crippen molar-refractivity contribution in [1.29, 1.82) is 0 Å². The van der Waals surface area contributed by atoms with Gasteiger partial charge in [0.1, 0.15) is 17.9 Å². The molecule has 0 radical (unpaired) electrons. The zero-order valence-corrected chi connectivity index (χ0v) is 25.3. The number of hydrogen-bond donors (Lipinski definition) is 1. The van der Waals surface area contributed by atoms with Gasteiger partial charge in [0.2, 0.25) is 0 Å². The van der Waals surface area contributed by atoms with E-state index in [0.29, 0.717) is 26.1 Å². The van der Waals surface area contributed by atoms with Crippen molar-refractivity contribution in [2.24, 2.45) is 0 Å². The average molecular weight is 631 g/mol. The number of Topliss-reactive ketones (excluding diaryl/α,β-unsaturated/α-hetero) is 1. The molecule has 3 aromatic carbocycles. The fraction of sp³-hybridized carbons (Fsp3) is 0.161. The summed E-state index contributed by atoms with van der Waals surface area (Å²) in [5, 5.41) is 9.69. The molecule has 2 aromatic heterocycles. The fourth-order valence-electron chi connectivity index (χ4n) is 4.58. The first-order valence-corrected chi connectivity index (χ1v) is 14.7. The summed E-state index contributed by atoms with van der Waals surface area (Å²) >= 11 is 7.15. The molecule has 0 saturated heterocycles. The lowest BCUT2D eigenvalue weighted by Gasteiger charge is -2.16. The van der Waals surface area contributed by atoms with E-state index < -0.39 is 35.1 Å². The molecule has 11 nitrogen and oxygen atoms in total. The van der Waals surface area contributed by atoms with Crippen LogP contribution in [-0.2, 0) is 22.6 Å². The molecule has 0 bridgehead atoms. The molecule has 0 aliphatic heterocycles. The van der Waals surface area contributed by atoms with Crippen LogP contribution in [0.4, 0.5) is 5.82 Å². The molecule has 0 fully saturated rings. The third-order valence-electron chi connectivity index (χ3n) is 6.77. The molecule has 0 amide bonds. The van der Waals surface area contributed by atoms with Crippen molar-refractivity contribution >= 4 is 40.9 Å². The highest BCUT2D eigenvalue weighted by atomic mass is 35.5. The standard InChI is InChI=1S/C31H27ClN6O5S/c1-19-7-6-10-23(15-19)38-28(21-11-13-22(32)14-12-21)34-35-30(38)44-18-24(39)26-27(33)36(16-20-8-4-3-5-9-20)31(42)37(29(26)41)17-25(40)43-2/h3-15H,16-18,33H2,1-2H3. The second-order valence-electron chi connectivity index (χ2n) is 9.78. The molecule has 2 N–H and O–H groups in total. The third kappa shape index (κ3) is 6.36. The highest BCUT2D eigenvalue weighted by molar-refractivity contribution is 7.99. The van der Waals surface area contributed by atoms with Gasteiger partial charge >= 0.3 is 11.7 Å². The summed E-state index contributed by atoms with van der Waals surface area (Å²) < 4.78 is 8.25. The maximum absolute atomic E-state index is 13.7. The number of ketones is 1. The normalized spacial score (nSPS) is 11.0. The highest BCUT2D eigenvalue weighted by Crippen LogP contribution is 2.29. The molecule has 224 valence electrons. The minimum Gasteiger partial charge on any atom is -0.468 e. The highest BCUT2D eigenvalue weighted by Gasteiger charge is 2.25. The predicted octanol–water partition coefficient (Wildman–Crippen LogP) is 4.00. The van der Waals surface area contributed by atoms with Crippen LogP contribution in [0.2, 0.25) is 5.02 Å². The van der Waals surface area contributed by atoms with Crippen molar-refractivity contribution in [3.05, 3.63) is 121 Å². The van der Waals surface area contributed by atoms with Crippen molar-refractivity contribution in [1.82, 2.24) is 23.9 Å². The second-order valence-corrected chi connectivity index (χ2v) is 11.2. The zero-order valence-electron chi connectivity index (χ0n) is 23.8. The smallest absolute Gasteiger partial charge is 0.333 e. The number of nitrogens with two attached hydrogens (primary N) is 1. The van der Waals surface area contributed by atoms with Gasteiger partial charge in [0.15, 0.2) is 16.8 Å². The van der Waals surface area contributed by atoms with E-state index in [9.17, 15) is 19.2 Å². The number of rotatable bonds is 10. The largest absolute Gasteiger partial charge is 0.468 e. The molecule has 2 heterocycles. The first-order chi connectivity index (χ1) is 21.2. The van der Waals surface area contributed by atoms with Crippen LogP contribution in [0.5, 0.6) is 0 Å². The molecule has 0 saturated carbocycles. The average Bonchev–Trinajstić information content (AvgIpc) is 3.45. The Kier molecular flexibility index (Phi) is 9.12. The number of halogens is 1. The summed E-state index contributed by atoms with van der Waals surface area (Å²) in [5.41, 5.74) is 7.34. The summed E-state index contributed by atoms with van der Waals surface area (Å²) in [4.78, 5) is 52.5. The van der Waals surface area contributed by atoms with Gasteiger partial charge in [-0.15, -0.1) is 10.2 Å². The van der Waals surface area contributed by atoms with Gasteiger partial charge in [0, 0.05) is 16.3 Å². The van der Waals surface area contributed by atoms with Crippen LogP contribution in [0.1, 0.15) is 21.5 Å². The predicted molar refractivity (Wildman–Crippen MR) is 169 cm³/mol. The summed E-state index contributed by atoms with van der Waals surface area (Å²) in [5.74, 6) is -1.50. The van der Waals surface area contributed by atoms with Crippen LogP contribution in [0, 0.1) is 6.92 Å². The van der Waals surface area contributed by atoms with Gasteiger partial charge in [0.05, 0.1) is 19.4 Å². The molecule has 0 aliphatic rings. The summed E-state index contributed by atoms with van der Waals surface area (Å²) in [7, 11) is 1.14. The molecular formula is C31H27ClN6O5S. The summed E-state index contributed by atoms with van der Waals surface area (Å²) in [6.45, 7) is 1.26. The number of ether oxygens (including phenoxy) is 1. The quantitative estimate of drug-likeness (QED) is 0.138. The second kappa shape index (κ2) is 13.1. The lowest BCUT2D eigenvalue weighted by atomic mass is 10.2. The molecule has 44 heavy (non-hydrogen) atoms. The first-order valence-electron chi connectivity index (χ1n) is 13.4. The van der Waals surface area contributed by atoms with Gasteiger partial charge in [-0.05, 0) is 54.4 Å². The van der Waals surface area contributed by atoms with Crippen molar-refractivity contribution in [3.63, 3.8) is 0 Å². The molecule has 5 rings (SSSR count). The number of aromatic nitrogens is 5. The number of thioether (sulfide) groups is 1. The van der Waals surface area contributed by atoms with E-state index in [1.807, 2.05) is 54.0 Å². The minimum absolute atomic E-state index is 0.0213. The number of benzene rings is 3. The number of nitrogens with zero attached hydrogens (tertiary/aromatic N) is 5. The van der Waals surface area contributed by atoms with E-state index in [4.69, 9.17) is 17.3 Å². The van der Waals surface area contributed by atoms with E-state index in [0.717, 1.165) is 40.3 Å². The Balaban J connectivity index is 1.54. The van der Waals surface area contributed by atoms with Gasteiger partial charge in [0.25, 0.3) is 5.56 Å². The van der Waals surface area contributed by atoms with Crippen molar-refractivity contribution in [2.45, 2.75) is 25.2 Å². The number of hydrogen-bond acceptors (Lipinski definition) is 9. The van der Waals surface area contributed by atoms with Crippen LogP contribution < -0.4 is 17.0 Å². The number of carbonyl (C=O) groups excluding carboxylic acids is 2. The van der Waals surface area contributed by atoms with Crippen molar-refractivity contribution in [3.8, 4) is 17.1 Å². The van der Waals surface area contributed by atoms with Gasteiger partial charge in [-0.1, -0.05) is 65.8 Å². The van der Waals surface area contributed by atoms with Crippen LogP contribution in [0.3, 0.4) is 0 Å². The van der Waals surface area contributed by atoms with E-state index in [1.165, 1.54) is 0 Å². The Labute approximate surface area is 260 Å². The lowest BCUT2D eigenvalue weighted by Crippen LogP contribution is -2.45. The van der Waals surface area contributed by atoms with Gasteiger partial charge < -0.3 is 10.5 Å². The Morgan fingerprint density at radius 3 is 2.36 bits per heavy atom. The van der Waals surface area contributed by atoms with E-state index in [-0.39, 0.29) is 18.1 Å². The number of methoxy groups -OCH3 is 1. The lowest BCUT2D eigenvalue weighted by molar-refractivity contribution is -0.141. The molecule has 0 aliphatic carbocycles. The van der Waals surface area contributed by atoms with Crippen molar-refractivity contribution in [2.75, 3.05) is 18.6 Å². The van der Waals surface area contributed by atoms with Gasteiger partial charge in [-0.25, -0.2) is 9.36 Å². The first kappa shape index (κ1) is 30.5. The van der Waals surface area contributed by atoms with Crippen LogP contribution in [-0.4, -0.2) is 48.5 Å². The minimum atomic E-state index is -0.977. The Hall–Kier alpha value is -4.94. The fourth-order valence-corrected chi connectivity index (χ4v) is 5.53. The Morgan fingerprint density at radius 2 is 1.68 bits per heavy atom. The van der Waals surface area contributed by atoms with Crippen LogP contribution >= 0.6 is 23.4 Å². The number of aryl methyl sites for hydroxylation is 1. The third-order valence-corrected chi connectivity index (χ3v) is 7.95. The van der Waals surface area contributed by atoms with E-state index in [1.54, 1.807) is 36.4 Å². The van der Waals surface area contributed by atoms with Gasteiger partial charge in [-0.3, -0.25) is 23.5 Å². The summed E-state index contributed by atoms with van der Waals surface area (Å²) in [6.07, 6.45) is 0. The van der Waals surface area contributed by atoms with Crippen molar-refractivity contribution < 1.29 is 14.3 Å². The topological polar surface area (TPSA) is 144 Å². The molecule has 0 spiro atoms. The van der Waals surface area contributed by atoms with Gasteiger partial charge in [-0.2, -0.15) is 0 Å². The number of carbonyl (C=O) groups is 2. The number of nitrogen functional groups attached to an aromatic ring is 1. The monoisotopic (exact) mass is 630 g/mol. The molecular weight excluding hydrogens is 604 g/mol. The SMILES string of the molecule is COC(=O)Cn1c(=O)c(C(=O)CSc2nnc(-c3ccc(Cl)cc3)n2-c2cccc(C)c2)c(N)n(Cc2ccccc2)c1=O. The molecule has 0 atom stereocenters. The van der Waals surface area contributed by atoms with E-state index >= 15 is 0 Å². The Morgan fingerprint density at radius 1 is 0.955 bits per heavy atom. The molecule has 0 unspecified atom stereocenters. The van der Waals surface area contributed by atoms with Crippen LogP contribution in [0.15, 0.2) is 93.6 Å². The van der Waals surface area contributed by atoms with E-state index in [2.05, 4.69) is 14.9 Å². The maximum atomic E-state index is 13.7. The summed E-state index contributed by atoms with van der Waals surface area (Å²) in [6, 6.07) is 23.8. The molecule has 13 heteroatoms. The maximum Gasteiger partial charge on any atom is 0.333 e. The molecule has 5 aromatic rings. The Bertz CT molecular complexity index is 1970. The zero-order chi connectivity index (χ0) is 31.4. The van der Waals surface area contributed by atoms with Crippen LogP contribution in [0.25, 0.3) is 17.1 Å². The number of esters is 1. The number of anilines is 1.